The summed E-state index contributed by atoms with van der Waals surface area (Å²) in [5.41, 5.74) is 0.438. The molecule has 0 aliphatic carbocycles. The zero-order chi connectivity index (χ0) is 17.7. The number of carbonyl (C=O) groups is 2. The maximum atomic E-state index is 11.8. The third-order valence-corrected chi connectivity index (χ3v) is 3.78. The molecule has 1 saturated heterocycles. The number of rotatable bonds is 4. The topological polar surface area (TPSA) is 94.6 Å². The van der Waals surface area contributed by atoms with E-state index in [2.05, 4.69) is 15.2 Å². The SMILES string of the molecule is CC(C)(C)OC(=O)Nc1cc(CN2CCC(C(=O)[O-])CC2)ccn1.[Li+]. The van der Waals surface area contributed by atoms with E-state index >= 15 is 0 Å². The van der Waals surface area contributed by atoms with Crippen LogP contribution in [-0.2, 0) is 16.1 Å². The number of nitrogens with one attached hydrogen (secondary N) is 1. The van der Waals surface area contributed by atoms with Crippen LogP contribution in [0.2, 0.25) is 0 Å². The van der Waals surface area contributed by atoms with Crippen LogP contribution in [0.15, 0.2) is 18.3 Å². The molecule has 0 unspecified atom stereocenters. The van der Waals surface area contributed by atoms with E-state index < -0.39 is 17.7 Å². The van der Waals surface area contributed by atoms with Gasteiger partial charge in [-0.2, -0.15) is 0 Å². The van der Waals surface area contributed by atoms with Crippen molar-refractivity contribution >= 4 is 17.9 Å². The van der Waals surface area contributed by atoms with Gasteiger partial charge in [-0.25, -0.2) is 9.78 Å². The van der Waals surface area contributed by atoms with Crippen LogP contribution in [0, 0.1) is 5.92 Å². The van der Waals surface area contributed by atoms with Crippen molar-refractivity contribution in [2.45, 2.75) is 45.8 Å². The molecule has 1 aromatic heterocycles. The molecule has 1 fully saturated rings. The van der Waals surface area contributed by atoms with Crippen LogP contribution in [0.1, 0.15) is 39.2 Å². The number of pyridine rings is 1. The molecule has 1 amide bonds. The number of aromatic nitrogens is 1. The Morgan fingerprint density at radius 2 is 2.00 bits per heavy atom. The van der Waals surface area contributed by atoms with Crippen LogP contribution in [0.4, 0.5) is 10.6 Å². The quantitative estimate of drug-likeness (QED) is 0.663. The molecule has 1 aliphatic rings. The van der Waals surface area contributed by atoms with Crippen molar-refractivity contribution in [3.8, 4) is 0 Å². The van der Waals surface area contributed by atoms with Gasteiger partial charge in [0.05, 0.1) is 0 Å². The molecule has 2 rings (SSSR count). The Labute approximate surface area is 160 Å². The molecular weight excluding hydrogens is 317 g/mol. The number of piperidine rings is 1. The van der Waals surface area contributed by atoms with Crippen LogP contribution < -0.4 is 29.3 Å². The first-order valence-electron chi connectivity index (χ1n) is 8.11. The summed E-state index contributed by atoms with van der Waals surface area (Å²) >= 11 is 0. The number of likely N-dealkylation sites (tertiary alicyclic amines) is 1. The Balaban J connectivity index is 0.00000312. The van der Waals surface area contributed by atoms with Gasteiger partial charge in [-0.3, -0.25) is 10.2 Å². The van der Waals surface area contributed by atoms with Crippen LogP contribution in [0.5, 0.6) is 0 Å². The van der Waals surface area contributed by atoms with Gasteiger partial charge in [0.25, 0.3) is 0 Å². The first kappa shape index (κ1) is 21.5. The van der Waals surface area contributed by atoms with E-state index in [1.165, 1.54) is 0 Å². The number of hydrogen-bond acceptors (Lipinski definition) is 6. The number of anilines is 1. The van der Waals surface area contributed by atoms with Gasteiger partial charge in [-0.15, -0.1) is 0 Å². The minimum Gasteiger partial charge on any atom is -0.550 e. The second-order valence-corrected chi connectivity index (χ2v) is 7.05. The fourth-order valence-corrected chi connectivity index (χ4v) is 2.63. The van der Waals surface area contributed by atoms with E-state index in [1.807, 2.05) is 6.07 Å². The van der Waals surface area contributed by atoms with E-state index in [4.69, 9.17) is 4.74 Å². The summed E-state index contributed by atoms with van der Waals surface area (Å²) < 4.78 is 5.20. The standard InChI is InChI=1S/C17H25N3O4.Li/c1-17(2,3)24-16(23)19-14-10-12(4-7-18-14)11-20-8-5-13(6-9-20)15(21)22;/h4,7,10,13H,5-6,8-9,11H2,1-3H3,(H,21,22)(H,18,19,23);/q;+1/p-1. The molecule has 0 bridgehead atoms. The van der Waals surface area contributed by atoms with Crippen LogP contribution in [0.3, 0.4) is 0 Å². The van der Waals surface area contributed by atoms with Crippen LogP contribution in [-0.4, -0.2) is 40.6 Å². The number of carbonyl (C=O) groups excluding carboxylic acids is 2. The first-order chi connectivity index (χ1) is 11.2. The smallest absolute Gasteiger partial charge is 0.550 e. The van der Waals surface area contributed by atoms with Gasteiger partial charge < -0.3 is 14.6 Å². The Hall–Kier alpha value is -1.55. The average Bonchev–Trinajstić information content (AvgIpc) is 2.46. The summed E-state index contributed by atoms with van der Waals surface area (Å²) in [4.78, 5) is 29.0. The van der Waals surface area contributed by atoms with Gasteiger partial charge in [-0.05, 0) is 64.4 Å². The second kappa shape index (κ2) is 9.23. The van der Waals surface area contributed by atoms with Crippen LogP contribution in [0.25, 0.3) is 0 Å². The summed E-state index contributed by atoms with van der Waals surface area (Å²) in [6, 6.07) is 3.68. The summed E-state index contributed by atoms with van der Waals surface area (Å²) in [5.74, 6) is -0.864. The van der Waals surface area contributed by atoms with Gasteiger partial charge in [0.1, 0.15) is 11.4 Å². The summed E-state index contributed by atoms with van der Waals surface area (Å²) in [6.45, 7) is 7.52. The van der Waals surface area contributed by atoms with Crippen molar-refractivity contribution in [1.29, 1.82) is 0 Å². The molecule has 0 radical (unpaired) electrons. The Kier molecular flexibility index (Phi) is 7.93. The molecule has 7 nitrogen and oxygen atoms in total. The molecule has 1 N–H and O–H groups in total. The van der Waals surface area contributed by atoms with Gasteiger partial charge in [0.15, 0.2) is 0 Å². The van der Waals surface area contributed by atoms with E-state index in [1.54, 1.807) is 33.0 Å². The third-order valence-electron chi connectivity index (χ3n) is 3.78. The fourth-order valence-electron chi connectivity index (χ4n) is 2.63. The number of ether oxygens (including phenoxy) is 1. The maximum absolute atomic E-state index is 11.8. The molecule has 0 spiro atoms. The van der Waals surface area contributed by atoms with Gasteiger partial charge >= 0.3 is 25.0 Å². The van der Waals surface area contributed by atoms with Crippen LogP contribution >= 0.6 is 0 Å². The Bertz CT molecular complexity index is 596. The largest absolute Gasteiger partial charge is 1.00 e. The number of carboxylic acid groups (broad SMARTS) is 1. The van der Waals surface area contributed by atoms with Gasteiger partial charge in [-0.1, -0.05) is 0 Å². The van der Waals surface area contributed by atoms with E-state index in [9.17, 15) is 14.7 Å². The average molecular weight is 341 g/mol. The number of hydrogen-bond donors (Lipinski definition) is 1. The van der Waals surface area contributed by atoms with Crippen molar-refractivity contribution in [1.82, 2.24) is 9.88 Å². The number of carboxylic acids is 1. The first-order valence-corrected chi connectivity index (χ1v) is 8.11. The van der Waals surface area contributed by atoms with Gasteiger partial charge in [0, 0.05) is 24.6 Å². The summed E-state index contributed by atoms with van der Waals surface area (Å²) in [5, 5.41) is 13.5. The molecule has 0 saturated carbocycles. The summed E-state index contributed by atoms with van der Waals surface area (Å²) in [7, 11) is 0. The molecule has 25 heavy (non-hydrogen) atoms. The maximum Gasteiger partial charge on any atom is 1.00 e. The van der Waals surface area contributed by atoms with Gasteiger partial charge in [0.2, 0.25) is 0 Å². The molecule has 0 atom stereocenters. The molecule has 1 aliphatic heterocycles. The Morgan fingerprint density at radius 1 is 1.36 bits per heavy atom. The van der Waals surface area contributed by atoms with E-state index in [-0.39, 0.29) is 24.8 Å². The van der Waals surface area contributed by atoms with Crippen molar-refractivity contribution in [3.05, 3.63) is 23.9 Å². The number of aliphatic carboxylic acids is 1. The minimum absolute atomic E-state index is 0. The number of amides is 1. The molecular formula is C17H24LiN3O4. The molecule has 0 aromatic carbocycles. The molecule has 2 heterocycles. The zero-order valence-corrected chi connectivity index (χ0v) is 15.4. The zero-order valence-electron chi connectivity index (χ0n) is 15.4. The monoisotopic (exact) mass is 341 g/mol. The third kappa shape index (κ3) is 7.47. The fraction of sp³-hybridized carbons (Fsp3) is 0.588. The van der Waals surface area contributed by atoms with Crippen molar-refractivity contribution < 1.29 is 38.3 Å². The minimum atomic E-state index is -0.956. The van der Waals surface area contributed by atoms with Crippen molar-refractivity contribution in [3.63, 3.8) is 0 Å². The van der Waals surface area contributed by atoms with E-state index in [0.717, 1.165) is 18.7 Å². The molecule has 8 heteroatoms. The normalized spacial score (nSPS) is 16.0. The summed E-state index contributed by atoms with van der Waals surface area (Å²) in [6.07, 6.45) is 2.31. The van der Waals surface area contributed by atoms with E-state index in [0.29, 0.717) is 25.2 Å². The Morgan fingerprint density at radius 3 is 2.56 bits per heavy atom. The molecule has 132 valence electrons. The van der Waals surface area contributed by atoms with Crippen molar-refractivity contribution in [2.75, 3.05) is 18.4 Å². The number of nitrogens with zero attached hydrogens (tertiary/aromatic N) is 2. The molecule has 1 aromatic rings. The van der Waals surface area contributed by atoms with Crippen molar-refractivity contribution in [2.24, 2.45) is 5.92 Å². The second-order valence-electron chi connectivity index (χ2n) is 7.05. The predicted octanol–water partition coefficient (Wildman–Crippen LogP) is -1.61. The predicted molar refractivity (Wildman–Crippen MR) is 87.1 cm³/mol.